The smallest absolute Gasteiger partial charge is 0.309 e. The van der Waals surface area contributed by atoms with Crippen LogP contribution in [0.15, 0.2) is 24.3 Å². The van der Waals surface area contributed by atoms with E-state index < -0.39 is 6.10 Å². The molecule has 1 atom stereocenters. The molecule has 1 amide bonds. The molecule has 0 unspecified atom stereocenters. The number of amides is 1. The minimum atomic E-state index is -0.611. The van der Waals surface area contributed by atoms with Gasteiger partial charge in [-0.05, 0) is 38.8 Å². The molecule has 1 saturated heterocycles. The summed E-state index contributed by atoms with van der Waals surface area (Å²) in [6.45, 7) is 5.01. The minimum Gasteiger partial charge on any atom is -0.493 e. The van der Waals surface area contributed by atoms with Gasteiger partial charge in [-0.1, -0.05) is 12.1 Å². The second kappa shape index (κ2) is 8.57. The summed E-state index contributed by atoms with van der Waals surface area (Å²) in [4.78, 5) is 26.1. The average molecular weight is 335 g/mol. The molecule has 1 aromatic rings. The van der Waals surface area contributed by atoms with Crippen molar-refractivity contribution in [2.75, 3.05) is 26.8 Å². The van der Waals surface area contributed by atoms with Crippen molar-refractivity contribution in [3.8, 4) is 11.5 Å². The van der Waals surface area contributed by atoms with Gasteiger partial charge >= 0.3 is 5.97 Å². The predicted octanol–water partition coefficient (Wildman–Crippen LogP) is 2.26. The highest BCUT2D eigenvalue weighted by Crippen LogP contribution is 2.27. The first-order valence-electron chi connectivity index (χ1n) is 8.31. The first-order valence-corrected chi connectivity index (χ1v) is 8.31. The van der Waals surface area contributed by atoms with Gasteiger partial charge in [-0.15, -0.1) is 0 Å². The van der Waals surface area contributed by atoms with E-state index in [-0.39, 0.29) is 17.8 Å². The van der Waals surface area contributed by atoms with Gasteiger partial charge < -0.3 is 19.1 Å². The maximum absolute atomic E-state index is 12.5. The van der Waals surface area contributed by atoms with Crippen molar-refractivity contribution in [2.24, 2.45) is 5.92 Å². The molecular formula is C18H25NO5. The number of para-hydroxylation sites is 2. The number of hydrogen-bond donors (Lipinski definition) is 0. The number of rotatable bonds is 6. The van der Waals surface area contributed by atoms with Crippen LogP contribution in [0.3, 0.4) is 0 Å². The van der Waals surface area contributed by atoms with Gasteiger partial charge in [0.25, 0.3) is 5.91 Å². The van der Waals surface area contributed by atoms with E-state index in [0.717, 1.165) is 0 Å². The number of carbonyl (C=O) groups excluding carboxylic acids is 2. The number of likely N-dealkylation sites (tertiary alicyclic amines) is 1. The zero-order valence-corrected chi connectivity index (χ0v) is 14.5. The molecule has 0 spiro atoms. The summed E-state index contributed by atoms with van der Waals surface area (Å²) in [5, 5.41) is 0. The zero-order valence-electron chi connectivity index (χ0n) is 14.5. The van der Waals surface area contributed by atoms with Crippen LogP contribution in [-0.4, -0.2) is 49.7 Å². The Balaban J connectivity index is 1.89. The molecule has 0 aromatic heterocycles. The van der Waals surface area contributed by atoms with E-state index >= 15 is 0 Å². The van der Waals surface area contributed by atoms with Crippen LogP contribution in [0.4, 0.5) is 0 Å². The lowest BCUT2D eigenvalue weighted by molar-refractivity contribution is -0.152. The molecular weight excluding hydrogens is 310 g/mol. The largest absolute Gasteiger partial charge is 0.493 e. The second-order valence-corrected chi connectivity index (χ2v) is 5.76. The quantitative estimate of drug-likeness (QED) is 0.746. The molecule has 132 valence electrons. The van der Waals surface area contributed by atoms with Crippen LogP contribution in [0, 0.1) is 5.92 Å². The first-order chi connectivity index (χ1) is 11.6. The number of nitrogens with zero attached hydrogens (tertiary/aromatic N) is 1. The van der Waals surface area contributed by atoms with E-state index in [4.69, 9.17) is 14.2 Å². The summed E-state index contributed by atoms with van der Waals surface area (Å²) in [5.74, 6) is 0.783. The molecule has 0 N–H and O–H groups in total. The van der Waals surface area contributed by atoms with Crippen molar-refractivity contribution in [1.29, 1.82) is 0 Å². The van der Waals surface area contributed by atoms with Gasteiger partial charge in [0.15, 0.2) is 17.6 Å². The van der Waals surface area contributed by atoms with Crippen LogP contribution in [0.5, 0.6) is 11.5 Å². The number of carbonyl (C=O) groups is 2. The molecule has 1 aromatic carbocycles. The van der Waals surface area contributed by atoms with Gasteiger partial charge in [0.05, 0.1) is 19.6 Å². The summed E-state index contributed by atoms with van der Waals surface area (Å²) in [7, 11) is 1.56. The third kappa shape index (κ3) is 4.40. The monoisotopic (exact) mass is 335 g/mol. The van der Waals surface area contributed by atoms with Gasteiger partial charge in [-0.2, -0.15) is 0 Å². The second-order valence-electron chi connectivity index (χ2n) is 5.76. The highest BCUT2D eigenvalue weighted by molar-refractivity contribution is 5.81. The number of esters is 1. The number of hydrogen-bond acceptors (Lipinski definition) is 5. The van der Waals surface area contributed by atoms with Gasteiger partial charge in [-0.3, -0.25) is 9.59 Å². The average Bonchev–Trinajstić information content (AvgIpc) is 2.61. The molecule has 1 aliphatic rings. The summed E-state index contributed by atoms with van der Waals surface area (Å²) >= 11 is 0. The normalized spacial score (nSPS) is 16.4. The Morgan fingerprint density at radius 3 is 2.42 bits per heavy atom. The van der Waals surface area contributed by atoms with E-state index in [1.807, 2.05) is 12.1 Å². The van der Waals surface area contributed by atoms with E-state index in [2.05, 4.69) is 0 Å². The minimum absolute atomic E-state index is 0.0804. The third-order valence-electron chi connectivity index (χ3n) is 4.15. The van der Waals surface area contributed by atoms with Gasteiger partial charge in [0.1, 0.15) is 0 Å². The third-order valence-corrected chi connectivity index (χ3v) is 4.15. The summed E-state index contributed by atoms with van der Waals surface area (Å²) in [6.07, 6.45) is 0.651. The lowest BCUT2D eigenvalue weighted by Gasteiger charge is -2.32. The number of piperidine rings is 1. The molecule has 2 rings (SSSR count). The summed E-state index contributed by atoms with van der Waals surface area (Å²) in [5.41, 5.74) is 0. The fraction of sp³-hybridized carbons (Fsp3) is 0.556. The van der Waals surface area contributed by atoms with Crippen molar-refractivity contribution in [3.05, 3.63) is 24.3 Å². The Morgan fingerprint density at radius 1 is 1.21 bits per heavy atom. The van der Waals surface area contributed by atoms with Gasteiger partial charge in [0.2, 0.25) is 0 Å². The van der Waals surface area contributed by atoms with Crippen LogP contribution in [0.2, 0.25) is 0 Å². The summed E-state index contributed by atoms with van der Waals surface area (Å²) < 4.78 is 16.0. The SMILES string of the molecule is CCOC(=O)C1CCN(C(=O)[C@@H](C)Oc2ccccc2OC)CC1. The summed E-state index contributed by atoms with van der Waals surface area (Å²) in [6, 6.07) is 7.24. The molecule has 6 nitrogen and oxygen atoms in total. The fourth-order valence-electron chi connectivity index (χ4n) is 2.81. The Labute approximate surface area is 142 Å². The maximum Gasteiger partial charge on any atom is 0.309 e. The highest BCUT2D eigenvalue weighted by Gasteiger charge is 2.30. The number of benzene rings is 1. The van der Waals surface area contributed by atoms with Crippen LogP contribution >= 0.6 is 0 Å². The van der Waals surface area contributed by atoms with Crippen molar-refractivity contribution < 1.29 is 23.8 Å². The zero-order chi connectivity index (χ0) is 17.5. The topological polar surface area (TPSA) is 65.1 Å². The lowest BCUT2D eigenvalue weighted by atomic mass is 9.97. The van der Waals surface area contributed by atoms with Gasteiger partial charge in [-0.25, -0.2) is 0 Å². The Hall–Kier alpha value is -2.24. The molecule has 0 saturated carbocycles. The molecule has 0 bridgehead atoms. The van der Waals surface area contributed by atoms with Gasteiger partial charge in [0, 0.05) is 13.1 Å². The van der Waals surface area contributed by atoms with Crippen molar-refractivity contribution >= 4 is 11.9 Å². The van der Waals surface area contributed by atoms with Crippen molar-refractivity contribution in [3.63, 3.8) is 0 Å². The highest BCUT2D eigenvalue weighted by atomic mass is 16.5. The first kappa shape index (κ1) is 18.1. The molecule has 1 fully saturated rings. The van der Waals surface area contributed by atoms with Crippen LogP contribution in [-0.2, 0) is 14.3 Å². The lowest BCUT2D eigenvalue weighted by Crippen LogP contribution is -2.46. The molecule has 0 radical (unpaired) electrons. The van der Waals surface area contributed by atoms with Crippen molar-refractivity contribution in [1.82, 2.24) is 4.90 Å². The fourth-order valence-corrected chi connectivity index (χ4v) is 2.81. The Morgan fingerprint density at radius 2 is 1.83 bits per heavy atom. The predicted molar refractivity (Wildman–Crippen MR) is 89.0 cm³/mol. The Kier molecular flexibility index (Phi) is 6.46. The van der Waals surface area contributed by atoms with Crippen LogP contribution in [0.1, 0.15) is 26.7 Å². The number of methoxy groups -OCH3 is 1. The van der Waals surface area contributed by atoms with Crippen LogP contribution in [0.25, 0.3) is 0 Å². The van der Waals surface area contributed by atoms with E-state index in [1.165, 1.54) is 0 Å². The Bertz CT molecular complexity index is 566. The van der Waals surface area contributed by atoms with Crippen molar-refractivity contribution in [2.45, 2.75) is 32.8 Å². The van der Waals surface area contributed by atoms with E-state index in [9.17, 15) is 9.59 Å². The van der Waals surface area contributed by atoms with Crippen LogP contribution < -0.4 is 9.47 Å². The van der Waals surface area contributed by atoms with E-state index in [1.54, 1.807) is 38.0 Å². The standard InChI is InChI=1S/C18H25NO5/c1-4-23-18(21)14-9-11-19(12-10-14)17(20)13(2)24-16-8-6-5-7-15(16)22-3/h5-8,13-14H,4,9-12H2,1-3H3/t13-/m1/s1. The van der Waals surface area contributed by atoms with E-state index in [0.29, 0.717) is 44.0 Å². The molecule has 24 heavy (non-hydrogen) atoms. The molecule has 6 heteroatoms. The molecule has 0 aliphatic carbocycles. The number of ether oxygens (including phenoxy) is 3. The molecule has 1 aliphatic heterocycles. The maximum atomic E-state index is 12.5. The molecule has 1 heterocycles.